The van der Waals surface area contributed by atoms with Crippen LogP contribution in [0.4, 0.5) is 5.69 Å². The van der Waals surface area contributed by atoms with Gasteiger partial charge in [0.15, 0.2) is 0 Å². The maximum absolute atomic E-state index is 13.3. The van der Waals surface area contributed by atoms with Crippen LogP contribution in [0.15, 0.2) is 59.8 Å². The minimum atomic E-state index is -1.00. The van der Waals surface area contributed by atoms with E-state index in [0.717, 1.165) is 78.6 Å². The van der Waals surface area contributed by atoms with Gasteiger partial charge in [0.25, 0.3) is 17.4 Å². The second kappa shape index (κ2) is 17.6. The number of nitrogens with one attached hydrogen (secondary N) is 3. The molecule has 0 aliphatic carbocycles. The lowest BCUT2D eigenvalue weighted by Crippen LogP contribution is -2.54. The number of rotatable bonds is 15. The fourth-order valence-electron chi connectivity index (χ4n) is 8.26. The van der Waals surface area contributed by atoms with E-state index in [4.69, 9.17) is 9.47 Å². The number of hydrogen-bond acceptors (Lipinski definition) is 11. The maximum Gasteiger partial charge on any atom is 0.264 e. The second-order valence-electron chi connectivity index (χ2n) is 15.1. The molecule has 15 heteroatoms. The Labute approximate surface area is 336 Å². The van der Waals surface area contributed by atoms with Crippen LogP contribution in [0.1, 0.15) is 77.6 Å². The first-order valence-electron chi connectivity index (χ1n) is 19.9. The predicted molar refractivity (Wildman–Crippen MR) is 217 cm³/mol. The fourth-order valence-corrected chi connectivity index (χ4v) is 8.26. The van der Waals surface area contributed by atoms with Crippen LogP contribution in [-0.2, 0) is 28.0 Å². The van der Waals surface area contributed by atoms with Gasteiger partial charge in [-0.15, -0.1) is 0 Å². The maximum atomic E-state index is 13.3. The van der Waals surface area contributed by atoms with Crippen LogP contribution >= 0.6 is 0 Å². The van der Waals surface area contributed by atoms with Crippen molar-refractivity contribution in [3.05, 3.63) is 82.0 Å². The zero-order chi connectivity index (χ0) is 40.9. The summed E-state index contributed by atoms with van der Waals surface area (Å²) in [6.45, 7) is 3.32. The molecule has 2 fully saturated rings. The van der Waals surface area contributed by atoms with Crippen LogP contribution in [-0.4, -0.2) is 95.3 Å². The Hall–Kier alpha value is -6.09. The number of hydrogen-bond donors (Lipinski definition) is 3. The summed E-state index contributed by atoms with van der Waals surface area (Å²) in [6, 6.07) is 9.84. The summed E-state index contributed by atoms with van der Waals surface area (Å²) >= 11 is 0. The van der Waals surface area contributed by atoms with Gasteiger partial charge in [0.1, 0.15) is 17.5 Å². The number of amides is 5. The van der Waals surface area contributed by atoms with Crippen molar-refractivity contribution in [2.24, 2.45) is 13.0 Å². The number of carbonyl (C=O) groups is 5. The van der Waals surface area contributed by atoms with Crippen molar-refractivity contribution in [3.8, 4) is 22.6 Å². The molecule has 3 aliphatic rings. The molecule has 304 valence electrons. The second-order valence-corrected chi connectivity index (χ2v) is 15.1. The number of nitrogens with zero attached hydrogens (tertiary/aromatic N) is 4. The van der Waals surface area contributed by atoms with E-state index in [1.807, 2.05) is 24.4 Å². The van der Waals surface area contributed by atoms with Crippen molar-refractivity contribution in [2.75, 3.05) is 45.7 Å². The number of imide groups is 2. The molecule has 1 unspecified atom stereocenters. The quantitative estimate of drug-likeness (QED) is 0.117. The summed E-state index contributed by atoms with van der Waals surface area (Å²) in [4.78, 5) is 83.7. The van der Waals surface area contributed by atoms with Gasteiger partial charge in [-0.1, -0.05) is 18.9 Å². The van der Waals surface area contributed by atoms with Gasteiger partial charge in [0.2, 0.25) is 17.7 Å². The highest BCUT2D eigenvalue weighted by atomic mass is 16.5. The normalized spacial score (nSPS) is 17.4. The first kappa shape index (κ1) is 40.1. The fraction of sp³-hybridized carbons (Fsp3) is 0.419. The first-order valence-corrected chi connectivity index (χ1v) is 19.9. The van der Waals surface area contributed by atoms with Crippen molar-refractivity contribution in [1.82, 2.24) is 30.0 Å². The minimum Gasteiger partial charge on any atom is -0.496 e. The van der Waals surface area contributed by atoms with Crippen molar-refractivity contribution in [1.29, 1.82) is 0 Å². The average molecular weight is 792 g/mol. The number of methoxy groups -OCH3 is 2. The van der Waals surface area contributed by atoms with Crippen molar-refractivity contribution < 1.29 is 33.4 Å². The van der Waals surface area contributed by atoms with E-state index in [1.54, 1.807) is 56.4 Å². The molecule has 4 aromatic rings. The Balaban J connectivity index is 0.838. The standard InChI is InChI=1S/C43H49N7O8/c1-48-24-31(28-13-18-44-23-30(28)41(48)54)27-21-35(57-2)32(36(22-27)58-3)25-49-19-14-26(15-20-49)39(52)46-17-7-5-4-6-16-45-33-10-8-9-29-38(33)43(56)50(42(29)55)34-11-12-37(51)47-40(34)53/h8-10,13,18,21-24,26,34,45H,4-7,11-12,14-17,19-20,25H2,1-3H3,(H,46,52)(H,47,51,53). The third kappa shape index (κ3) is 8.17. The van der Waals surface area contributed by atoms with Gasteiger partial charge in [-0.05, 0) is 86.5 Å². The number of likely N-dealkylation sites (tertiary alicyclic amines) is 1. The van der Waals surface area contributed by atoms with Crippen molar-refractivity contribution >= 4 is 46.0 Å². The Morgan fingerprint density at radius 3 is 2.31 bits per heavy atom. The SMILES string of the molecule is COc1cc(-c2cn(C)c(=O)c3cnccc23)cc(OC)c1CN1CCC(C(=O)NCCCCCCNc2cccc3c2C(=O)N(C2CCC(=O)NC2=O)C3=O)CC1. The van der Waals surface area contributed by atoms with E-state index in [0.29, 0.717) is 42.2 Å². The van der Waals surface area contributed by atoms with Crippen molar-refractivity contribution in [2.45, 2.75) is 64.0 Å². The Kier molecular flexibility index (Phi) is 12.2. The molecule has 2 saturated heterocycles. The molecule has 2 aromatic carbocycles. The summed E-state index contributed by atoms with van der Waals surface area (Å²) in [6.07, 6.45) is 10.3. The molecule has 2 aromatic heterocycles. The Bertz CT molecular complexity index is 2290. The predicted octanol–water partition coefficient (Wildman–Crippen LogP) is 4.02. The van der Waals surface area contributed by atoms with Crippen LogP contribution in [0, 0.1) is 5.92 Å². The minimum absolute atomic E-state index is 0.0489. The number of aryl methyl sites for hydroxylation is 1. The number of pyridine rings is 2. The van der Waals surface area contributed by atoms with E-state index in [2.05, 4.69) is 25.8 Å². The smallest absolute Gasteiger partial charge is 0.264 e. The zero-order valence-electron chi connectivity index (χ0n) is 33.1. The number of piperidine rings is 2. The van der Waals surface area contributed by atoms with Gasteiger partial charge in [0.05, 0.1) is 36.3 Å². The highest BCUT2D eigenvalue weighted by Crippen LogP contribution is 2.38. The van der Waals surface area contributed by atoms with Crippen LogP contribution in [0.5, 0.6) is 11.5 Å². The molecule has 15 nitrogen and oxygen atoms in total. The zero-order valence-corrected chi connectivity index (χ0v) is 33.1. The molecule has 5 amide bonds. The number of carbonyl (C=O) groups excluding carboxylic acids is 5. The van der Waals surface area contributed by atoms with Crippen LogP contribution in [0.2, 0.25) is 0 Å². The summed E-state index contributed by atoms with van der Waals surface area (Å²) in [5.41, 5.74) is 3.60. The molecule has 3 aliphatic heterocycles. The number of benzene rings is 2. The van der Waals surface area contributed by atoms with Gasteiger partial charge >= 0.3 is 0 Å². The number of aromatic nitrogens is 2. The van der Waals surface area contributed by atoms with Crippen LogP contribution in [0.3, 0.4) is 0 Å². The van der Waals surface area contributed by atoms with Crippen LogP contribution in [0.25, 0.3) is 21.9 Å². The van der Waals surface area contributed by atoms with Gasteiger partial charge in [-0.3, -0.25) is 48.9 Å². The van der Waals surface area contributed by atoms with E-state index >= 15 is 0 Å². The molecule has 5 heterocycles. The first-order chi connectivity index (χ1) is 28.1. The average Bonchev–Trinajstić information content (AvgIpc) is 3.49. The number of ether oxygens (including phenoxy) is 2. The largest absolute Gasteiger partial charge is 0.496 e. The topological polar surface area (TPSA) is 181 Å². The molecule has 7 rings (SSSR count). The number of fused-ring (bicyclic) bond motifs is 2. The monoisotopic (exact) mass is 791 g/mol. The lowest BCUT2D eigenvalue weighted by molar-refractivity contribution is -0.136. The molecular formula is C43H49N7O8. The number of anilines is 1. The van der Waals surface area contributed by atoms with E-state index in [9.17, 15) is 28.8 Å². The molecular weight excluding hydrogens is 743 g/mol. The molecule has 0 radical (unpaired) electrons. The highest BCUT2D eigenvalue weighted by molar-refractivity contribution is 6.25. The molecule has 3 N–H and O–H groups in total. The Morgan fingerprint density at radius 1 is 0.879 bits per heavy atom. The highest BCUT2D eigenvalue weighted by Gasteiger charge is 2.45. The van der Waals surface area contributed by atoms with Crippen molar-refractivity contribution in [3.63, 3.8) is 0 Å². The molecule has 0 bridgehead atoms. The lowest BCUT2D eigenvalue weighted by atomic mass is 9.94. The molecule has 0 saturated carbocycles. The molecule has 58 heavy (non-hydrogen) atoms. The van der Waals surface area contributed by atoms with E-state index < -0.39 is 29.7 Å². The number of unbranched alkanes of at least 4 members (excludes halogenated alkanes) is 3. The van der Waals surface area contributed by atoms with E-state index in [-0.39, 0.29) is 41.4 Å². The molecule has 0 spiro atoms. The summed E-state index contributed by atoms with van der Waals surface area (Å²) < 4.78 is 13.3. The van der Waals surface area contributed by atoms with Gasteiger partial charge in [-0.25, -0.2) is 0 Å². The lowest BCUT2D eigenvalue weighted by Gasteiger charge is -2.32. The third-order valence-electron chi connectivity index (χ3n) is 11.4. The summed E-state index contributed by atoms with van der Waals surface area (Å²) in [5, 5.41) is 9.98. The van der Waals surface area contributed by atoms with Gasteiger partial charge in [0, 0.05) is 68.9 Å². The van der Waals surface area contributed by atoms with E-state index in [1.165, 1.54) is 0 Å². The molecule has 1 atom stereocenters. The van der Waals surface area contributed by atoms with Gasteiger partial charge in [-0.2, -0.15) is 0 Å². The van der Waals surface area contributed by atoms with Crippen LogP contribution < -0.4 is 31.0 Å². The summed E-state index contributed by atoms with van der Waals surface area (Å²) in [5.74, 6) is -0.681. The van der Waals surface area contributed by atoms with Gasteiger partial charge < -0.3 is 24.7 Å². The summed E-state index contributed by atoms with van der Waals surface area (Å²) in [7, 11) is 5.01. The third-order valence-corrected chi connectivity index (χ3v) is 11.4. The Morgan fingerprint density at radius 2 is 1.60 bits per heavy atom.